The third-order valence-corrected chi connectivity index (χ3v) is 5.78. The maximum absolute atomic E-state index is 12.9. The summed E-state index contributed by atoms with van der Waals surface area (Å²) in [4.78, 5) is 23.2. The van der Waals surface area contributed by atoms with Crippen molar-refractivity contribution in [1.29, 1.82) is 0 Å². The summed E-state index contributed by atoms with van der Waals surface area (Å²) in [6, 6.07) is 9.94. The summed E-state index contributed by atoms with van der Waals surface area (Å²) < 4.78 is 40.1. The van der Waals surface area contributed by atoms with Crippen LogP contribution in [-0.2, 0) is 6.18 Å². The first-order chi connectivity index (χ1) is 15.2. The highest BCUT2D eigenvalue weighted by Gasteiger charge is 2.31. The average molecular weight is 443 g/mol. The predicted molar refractivity (Wildman–Crippen MR) is 115 cm³/mol. The Bertz CT molecular complexity index is 1090. The zero-order chi connectivity index (χ0) is 22.9. The number of aromatic nitrogens is 3. The van der Waals surface area contributed by atoms with Crippen LogP contribution in [0.5, 0.6) is 0 Å². The number of hydrogen-bond acceptors (Lipinski definition) is 4. The molecule has 0 atom stereocenters. The number of nitrogens with one attached hydrogen (secondary N) is 1. The number of anilines is 1. The Morgan fingerprint density at radius 1 is 1.06 bits per heavy atom. The number of aryl methyl sites for hydroxylation is 1. The number of halogens is 3. The van der Waals surface area contributed by atoms with Gasteiger partial charge in [-0.1, -0.05) is 6.07 Å². The molecule has 0 spiro atoms. The number of pyridine rings is 2. The summed E-state index contributed by atoms with van der Waals surface area (Å²) in [5.41, 5.74) is 1.60. The zero-order valence-corrected chi connectivity index (χ0v) is 17.9. The van der Waals surface area contributed by atoms with E-state index in [0.29, 0.717) is 37.3 Å². The van der Waals surface area contributed by atoms with E-state index in [1.807, 2.05) is 47.6 Å². The van der Waals surface area contributed by atoms with Gasteiger partial charge in [0.25, 0.3) is 5.91 Å². The summed E-state index contributed by atoms with van der Waals surface area (Å²) in [6.45, 7) is 5.05. The molecule has 1 amide bonds. The van der Waals surface area contributed by atoms with Gasteiger partial charge >= 0.3 is 6.18 Å². The molecule has 1 aliphatic heterocycles. The minimum absolute atomic E-state index is 0.00824. The van der Waals surface area contributed by atoms with Crippen molar-refractivity contribution in [3.63, 3.8) is 0 Å². The maximum atomic E-state index is 12.9. The molecule has 168 valence electrons. The quantitative estimate of drug-likeness (QED) is 0.653. The number of alkyl halides is 3. The Kier molecular flexibility index (Phi) is 5.90. The Morgan fingerprint density at radius 2 is 1.81 bits per heavy atom. The van der Waals surface area contributed by atoms with E-state index in [2.05, 4.69) is 15.3 Å². The van der Waals surface area contributed by atoms with Crippen LogP contribution in [-0.4, -0.2) is 39.6 Å². The van der Waals surface area contributed by atoms with E-state index < -0.39 is 11.7 Å². The Morgan fingerprint density at radius 3 is 2.41 bits per heavy atom. The molecule has 0 aromatic carbocycles. The highest BCUT2D eigenvalue weighted by Crippen LogP contribution is 2.30. The number of carbonyl (C=O) groups is 1. The Hall–Kier alpha value is -3.36. The van der Waals surface area contributed by atoms with Gasteiger partial charge in [0, 0.05) is 42.9 Å². The average Bonchev–Trinajstić information content (AvgIpc) is 3.08. The van der Waals surface area contributed by atoms with E-state index >= 15 is 0 Å². The monoisotopic (exact) mass is 443 g/mol. The van der Waals surface area contributed by atoms with Gasteiger partial charge in [0.15, 0.2) is 0 Å². The number of piperidine rings is 1. The summed E-state index contributed by atoms with van der Waals surface area (Å²) >= 11 is 0. The second-order valence-electron chi connectivity index (χ2n) is 7.95. The first kappa shape index (κ1) is 21.9. The van der Waals surface area contributed by atoms with Gasteiger partial charge in [0.1, 0.15) is 11.6 Å². The third kappa shape index (κ3) is 4.46. The molecule has 0 saturated carbocycles. The van der Waals surface area contributed by atoms with Crippen molar-refractivity contribution in [3.8, 4) is 5.82 Å². The summed E-state index contributed by atoms with van der Waals surface area (Å²) in [7, 11) is 0. The molecule has 0 unspecified atom stereocenters. The van der Waals surface area contributed by atoms with Crippen LogP contribution < -0.4 is 10.2 Å². The molecule has 0 radical (unpaired) electrons. The smallest absolute Gasteiger partial charge is 0.356 e. The molecule has 0 aliphatic carbocycles. The van der Waals surface area contributed by atoms with Crippen LogP contribution in [0.1, 0.15) is 40.2 Å². The molecule has 1 N–H and O–H groups in total. The van der Waals surface area contributed by atoms with E-state index in [9.17, 15) is 18.0 Å². The molecular formula is C23H24F3N5O. The van der Waals surface area contributed by atoms with Gasteiger partial charge in [-0.25, -0.2) is 9.97 Å². The highest BCUT2D eigenvalue weighted by atomic mass is 19.4. The van der Waals surface area contributed by atoms with Crippen molar-refractivity contribution in [1.82, 2.24) is 19.9 Å². The van der Waals surface area contributed by atoms with Gasteiger partial charge in [-0.3, -0.25) is 4.79 Å². The molecule has 4 heterocycles. The standard InChI is InChI=1S/C23H24F3N5O/c1-15-13-19(16(2)31(15)21-5-3-4-10-27-21)22(32)29-18-8-11-30(12-9-18)20-7-6-17(14-28-20)23(24,25)26/h3-7,10,13-14,18H,8-9,11-12H2,1-2H3,(H,29,32). The SMILES string of the molecule is Cc1cc(C(=O)NC2CCN(c3ccc(C(F)(F)F)cn3)CC2)c(C)n1-c1ccccn1. The van der Waals surface area contributed by atoms with Crippen LogP contribution in [0.3, 0.4) is 0 Å². The van der Waals surface area contributed by atoms with E-state index in [4.69, 9.17) is 0 Å². The van der Waals surface area contributed by atoms with Crippen molar-refractivity contribution in [3.05, 3.63) is 71.3 Å². The lowest BCUT2D eigenvalue weighted by atomic mass is 10.0. The van der Waals surface area contributed by atoms with Crippen molar-refractivity contribution in [2.24, 2.45) is 0 Å². The minimum atomic E-state index is -4.39. The van der Waals surface area contributed by atoms with Gasteiger partial charge < -0.3 is 14.8 Å². The van der Waals surface area contributed by atoms with Gasteiger partial charge in [-0.05, 0) is 57.0 Å². The molecule has 3 aromatic heterocycles. The second-order valence-corrected chi connectivity index (χ2v) is 7.95. The van der Waals surface area contributed by atoms with Crippen LogP contribution in [0.2, 0.25) is 0 Å². The fourth-order valence-electron chi connectivity index (χ4n) is 4.09. The molecule has 1 fully saturated rings. The lowest BCUT2D eigenvalue weighted by Crippen LogP contribution is -2.45. The number of carbonyl (C=O) groups excluding carboxylic acids is 1. The van der Waals surface area contributed by atoms with E-state index in [1.165, 1.54) is 6.07 Å². The molecule has 9 heteroatoms. The third-order valence-electron chi connectivity index (χ3n) is 5.78. The van der Waals surface area contributed by atoms with Gasteiger partial charge in [0.05, 0.1) is 11.1 Å². The van der Waals surface area contributed by atoms with E-state index in [-0.39, 0.29) is 11.9 Å². The normalized spacial score (nSPS) is 15.1. The van der Waals surface area contributed by atoms with Gasteiger partial charge in [-0.15, -0.1) is 0 Å². The van der Waals surface area contributed by atoms with Crippen LogP contribution in [0, 0.1) is 13.8 Å². The summed E-state index contributed by atoms with van der Waals surface area (Å²) in [5, 5.41) is 3.10. The molecule has 4 rings (SSSR count). The number of amides is 1. The molecule has 1 saturated heterocycles. The Balaban J connectivity index is 1.38. The van der Waals surface area contributed by atoms with Gasteiger partial charge in [0.2, 0.25) is 0 Å². The lowest BCUT2D eigenvalue weighted by Gasteiger charge is -2.33. The van der Waals surface area contributed by atoms with Crippen molar-refractivity contribution >= 4 is 11.7 Å². The van der Waals surface area contributed by atoms with Crippen LogP contribution in [0.25, 0.3) is 5.82 Å². The molecule has 6 nitrogen and oxygen atoms in total. The fraction of sp³-hybridized carbons (Fsp3) is 0.348. The summed E-state index contributed by atoms with van der Waals surface area (Å²) in [6.07, 6.45) is -0.441. The van der Waals surface area contributed by atoms with Crippen LogP contribution in [0.4, 0.5) is 19.0 Å². The molecule has 3 aromatic rings. The zero-order valence-electron chi connectivity index (χ0n) is 17.9. The first-order valence-corrected chi connectivity index (χ1v) is 10.4. The van der Waals surface area contributed by atoms with Crippen molar-refractivity contribution < 1.29 is 18.0 Å². The molecule has 0 bridgehead atoms. The maximum Gasteiger partial charge on any atom is 0.417 e. The number of hydrogen-bond donors (Lipinski definition) is 1. The second kappa shape index (κ2) is 8.64. The van der Waals surface area contributed by atoms with E-state index in [1.54, 1.807) is 6.20 Å². The van der Waals surface area contributed by atoms with Crippen molar-refractivity contribution in [2.75, 3.05) is 18.0 Å². The van der Waals surface area contributed by atoms with E-state index in [0.717, 1.165) is 29.5 Å². The fourth-order valence-corrected chi connectivity index (χ4v) is 4.09. The first-order valence-electron chi connectivity index (χ1n) is 10.4. The Labute approximate surface area is 184 Å². The molecule has 32 heavy (non-hydrogen) atoms. The lowest BCUT2D eigenvalue weighted by molar-refractivity contribution is -0.137. The number of nitrogens with zero attached hydrogens (tertiary/aromatic N) is 4. The summed E-state index contributed by atoms with van der Waals surface area (Å²) in [5.74, 6) is 1.15. The molecule has 1 aliphatic rings. The topological polar surface area (TPSA) is 63.1 Å². The molecular weight excluding hydrogens is 419 g/mol. The number of rotatable bonds is 4. The van der Waals surface area contributed by atoms with Crippen LogP contribution >= 0.6 is 0 Å². The predicted octanol–water partition coefficient (Wildman–Crippen LogP) is 4.30. The largest absolute Gasteiger partial charge is 0.417 e. The van der Waals surface area contributed by atoms with Crippen molar-refractivity contribution in [2.45, 2.75) is 38.9 Å². The van der Waals surface area contributed by atoms with Crippen LogP contribution in [0.15, 0.2) is 48.8 Å². The van der Waals surface area contributed by atoms with Gasteiger partial charge in [-0.2, -0.15) is 13.2 Å². The highest BCUT2D eigenvalue weighted by molar-refractivity contribution is 5.96. The minimum Gasteiger partial charge on any atom is -0.356 e.